The molecule has 4 aromatic rings. The largest absolute Gasteiger partial charge is 0.338 e. The summed E-state index contributed by atoms with van der Waals surface area (Å²) in [5.41, 5.74) is 17.3. The third-order valence-corrected chi connectivity index (χ3v) is 11.3. The van der Waals surface area contributed by atoms with Gasteiger partial charge < -0.3 is 4.90 Å². The van der Waals surface area contributed by atoms with Crippen molar-refractivity contribution in [1.82, 2.24) is 0 Å². The highest BCUT2D eigenvalue weighted by atomic mass is 32.2. The molecule has 1 aliphatic rings. The monoisotopic (exact) mass is 779 g/mol. The normalized spacial score (nSPS) is 13.6. The molecule has 0 spiro atoms. The first-order chi connectivity index (χ1) is 24.8. The number of nitrogens with two attached hydrogens (primary N) is 2. The first-order valence-corrected chi connectivity index (χ1v) is 20.6. The predicted molar refractivity (Wildman–Crippen MR) is 202 cm³/mol. The van der Waals surface area contributed by atoms with Gasteiger partial charge in [-0.1, -0.05) is 54.6 Å². The second-order valence-corrected chi connectivity index (χ2v) is 16.4. The summed E-state index contributed by atoms with van der Waals surface area (Å²) in [6.07, 6.45) is 7.29. The fraction of sp³-hybridized carbons (Fsp3) is 0.162. The zero-order valence-corrected chi connectivity index (χ0v) is 31.2. The van der Waals surface area contributed by atoms with E-state index >= 15 is 0 Å². The Labute approximate surface area is 309 Å². The molecule has 0 amide bonds. The molecule has 0 aromatic heterocycles. The zero-order valence-electron chi connectivity index (χ0n) is 28.7. The average Bonchev–Trinajstić information content (AvgIpc) is 3.11. The molecule has 0 radical (unpaired) electrons. The van der Waals surface area contributed by atoms with Crippen LogP contribution in [0.1, 0.15) is 36.1 Å². The molecule has 0 saturated heterocycles. The summed E-state index contributed by atoms with van der Waals surface area (Å²) in [4.78, 5) is 0.763. The molecule has 1 aliphatic carbocycles. The first-order valence-electron chi connectivity index (χ1n) is 16.2. The van der Waals surface area contributed by atoms with Crippen molar-refractivity contribution < 1.29 is 43.5 Å². The number of benzene rings is 4. The molecule has 0 fully saturated rings. The zero-order chi connectivity index (χ0) is 38.8. The van der Waals surface area contributed by atoms with Crippen LogP contribution in [0.15, 0.2) is 142 Å². The lowest BCUT2D eigenvalue weighted by Gasteiger charge is -2.39. The van der Waals surface area contributed by atoms with E-state index < -0.39 is 36.1 Å². The number of nitrogens with zero attached hydrogens (tertiary/aromatic N) is 2. The predicted octanol–water partition coefficient (Wildman–Crippen LogP) is 4.58. The Morgan fingerprint density at radius 1 is 0.698 bits per heavy atom. The number of anilines is 1. The van der Waals surface area contributed by atoms with Gasteiger partial charge in [0.1, 0.15) is 11.4 Å². The molecular weight excluding hydrogens is 741 g/mol. The maximum absolute atomic E-state index is 12.6. The Morgan fingerprint density at radius 2 is 1.28 bits per heavy atom. The molecule has 16 heteroatoms. The molecule has 0 aliphatic heterocycles. The fourth-order valence-electron chi connectivity index (χ4n) is 6.15. The van der Waals surface area contributed by atoms with Crippen LogP contribution in [0.4, 0.5) is 5.69 Å². The molecule has 5 rings (SSSR count). The minimum Gasteiger partial charge on any atom is -0.338 e. The van der Waals surface area contributed by atoms with Crippen LogP contribution in [0.2, 0.25) is 0 Å². The molecule has 4 aromatic carbocycles. The minimum absolute atomic E-state index is 0.207. The van der Waals surface area contributed by atoms with Crippen LogP contribution in [0.5, 0.6) is 0 Å². The standard InChI is InChI=1S/C37H38N4O9S3/c1-3-40(25-26-9-7-11-32(23-26)51(42,43)44)30-19-15-27(16-20-30)36(34-13-5-6-14-35(34)53(48,49)50)28-17-21-31(22-18-28)41(4-2)37(38,39)29-10-8-12-33(24-29)52(45,46)47/h5-24H,3-4,25,38-39H2,1-2H3,(H2-,42,43,44,45,46,47,48,49,50)/p+1. The number of hydrogen-bond donors (Lipinski definition) is 5. The van der Waals surface area contributed by atoms with E-state index in [0.29, 0.717) is 47.6 Å². The molecule has 13 nitrogen and oxygen atoms in total. The van der Waals surface area contributed by atoms with Gasteiger partial charge >= 0.3 is 0 Å². The molecule has 53 heavy (non-hydrogen) atoms. The highest BCUT2D eigenvalue weighted by Gasteiger charge is 2.31. The van der Waals surface area contributed by atoms with E-state index in [2.05, 4.69) is 0 Å². The molecule has 7 N–H and O–H groups in total. The van der Waals surface area contributed by atoms with Crippen molar-refractivity contribution in [1.29, 1.82) is 0 Å². The van der Waals surface area contributed by atoms with E-state index in [1.165, 1.54) is 42.5 Å². The summed E-state index contributed by atoms with van der Waals surface area (Å²) >= 11 is 0. The minimum atomic E-state index is -4.65. The quantitative estimate of drug-likeness (QED) is 0.0758. The summed E-state index contributed by atoms with van der Waals surface area (Å²) in [5, 5.41) is 0. The smallest absolute Gasteiger partial charge is 0.295 e. The highest BCUT2D eigenvalue weighted by Crippen LogP contribution is 2.35. The maximum atomic E-state index is 12.6. The van der Waals surface area contributed by atoms with Gasteiger partial charge in [0, 0.05) is 41.1 Å². The van der Waals surface area contributed by atoms with Gasteiger partial charge in [0.15, 0.2) is 18.0 Å². The van der Waals surface area contributed by atoms with Crippen molar-refractivity contribution in [3.05, 3.63) is 149 Å². The number of rotatable bonds is 12. The van der Waals surface area contributed by atoms with Crippen LogP contribution in [0.3, 0.4) is 0 Å². The number of hydrogen-bond acceptors (Lipinski definition) is 9. The van der Waals surface area contributed by atoms with Gasteiger partial charge in [-0.05, 0) is 85.2 Å². The highest BCUT2D eigenvalue weighted by molar-refractivity contribution is 7.86. The second-order valence-electron chi connectivity index (χ2n) is 12.1. The van der Waals surface area contributed by atoms with Crippen LogP contribution < -0.4 is 16.4 Å². The number of allylic oxidation sites excluding steroid dienone is 5. The average molecular weight is 780 g/mol. The van der Waals surface area contributed by atoms with Gasteiger partial charge in [-0.2, -0.15) is 25.3 Å². The summed E-state index contributed by atoms with van der Waals surface area (Å²) in [5.74, 6) is -1.71. The van der Waals surface area contributed by atoms with E-state index in [4.69, 9.17) is 11.5 Å². The lowest BCUT2D eigenvalue weighted by atomic mass is 9.90. The van der Waals surface area contributed by atoms with Crippen LogP contribution in [-0.2, 0) is 42.7 Å². The Hall–Kier alpha value is -4.78. The summed E-state index contributed by atoms with van der Waals surface area (Å²) in [6, 6.07) is 24.4. The summed E-state index contributed by atoms with van der Waals surface area (Å²) in [7, 11) is -13.5. The van der Waals surface area contributed by atoms with E-state index in [1.54, 1.807) is 66.4 Å². The Bertz CT molecular complexity index is 2490. The van der Waals surface area contributed by atoms with Crippen LogP contribution >= 0.6 is 0 Å². The Morgan fingerprint density at radius 3 is 1.85 bits per heavy atom. The van der Waals surface area contributed by atoms with Crippen molar-refractivity contribution in [2.75, 3.05) is 18.0 Å². The van der Waals surface area contributed by atoms with Gasteiger partial charge in [0.2, 0.25) is 0 Å². The van der Waals surface area contributed by atoms with Crippen molar-refractivity contribution >= 4 is 47.3 Å². The second kappa shape index (κ2) is 15.3. The van der Waals surface area contributed by atoms with Crippen molar-refractivity contribution in [2.24, 2.45) is 11.5 Å². The SMILES string of the molecule is CCN(c1ccc(C(=C2C=CC(=[N+](CC)Cc3cccc(S(=O)(=O)O)c3)C=C2)c2ccccc2S(=O)(=O)O)cc1)C(N)(N)c1cccc(S(=O)(=O)O)c1. The topological polar surface area (TPSA) is 221 Å². The van der Waals surface area contributed by atoms with Crippen molar-refractivity contribution in [3.63, 3.8) is 0 Å². The molecule has 278 valence electrons. The van der Waals surface area contributed by atoms with Crippen LogP contribution in [0.25, 0.3) is 5.57 Å². The molecule has 0 bridgehead atoms. The summed E-state index contributed by atoms with van der Waals surface area (Å²) < 4.78 is 103. The summed E-state index contributed by atoms with van der Waals surface area (Å²) in [6.45, 7) is 4.92. The van der Waals surface area contributed by atoms with E-state index in [1.807, 2.05) is 35.8 Å². The maximum Gasteiger partial charge on any atom is 0.295 e. The Balaban J connectivity index is 1.58. The molecule has 0 atom stereocenters. The third-order valence-electron chi connectivity index (χ3n) is 8.73. The van der Waals surface area contributed by atoms with Crippen molar-refractivity contribution in [2.45, 2.75) is 40.9 Å². The Kier molecular flexibility index (Phi) is 11.4. The fourth-order valence-corrected chi connectivity index (χ4v) is 7.93. The van der Waals surface area contributed by atoms with E-state index in [-0.39, 0.29) is 25.8 Å². The van der Waals surface area contributed by atoms with Gasteiger partial charge in [-0.15, -0.1) is 0 Å². The van der Waals surface area contributed by atoms with Crippen LogP contribution in [-0.4, -0.2) is 62.3 Å². The molecule has 0 heterocycles. The first kappa shape index (κ1) is 39.4. The van der Waals surface area contributed by atoms with E-state index in [0.717, 1.165) is 5.71 Å². The van der Waals surface area contributed by atoms with Gasteiger partial charge in [0.25, 0.3) is 30.4 Å². The molecule has 0 saturated carbocycles. The molecule has 0 unspecified atom stereocenters. The van der Waals surface area contributed by atoms with Gasteiger partial charge in [0.05, 0.1) is 9.79 Å². The third kappa shape index (κ3) is 8.89. The lowest BCUT2D eigenvalue weighted by molar-refractivity contribution is -0.539. The van der Waals surface area contributed by atoms with Crippen LogP contribution in [0, 0.1) is 0 Å². The van der Waals surface area contributed by atoms with Crippen molar-refractivity contribution in [3.8, 4) is 0 Å². The van der Waals surface area contributed by atoms with Gasteiger partial charge in [-0.3, -0.25) is 25.1 Å². The van der Waals surface area contributed by atoms with E-state index in [9.17, 15) is 38.9 Å². The lowest BCUT2D eigenvalue weighted by Crippen LogP contribution is -2.60. The molecular formula is C37H39N4O9S3+. The van der Waals surface area contributed by atoms with Gasteiger partial charge in [-0.25, -0.2) is 4.58 Å².